The third-order valence-corrected chi connectivity index (χ3v) is 3.02. The van der Waals surface area contributed by atoms with Gasteiger partial charge < -0.3 is 5.73 Å². The standard InChI is InChI=1S/C12H15BN2S/c1-8-4-5-11(6-9(8)2)12(14)15-16-10(3)7-13/h4-6H,3,7H2,1-2H3,(H2,14,15). The van der Waals surface area contributed by atoms with Gasteiger partial charge in [0.05, 0.1) is 7.85 Å². The molecule has 0 unspecified atom stereocenters. The lowest BCUT2D eigenvalue weighted by atomic mass is 10.1. The average Bonchev–Trinajstić information content (AvgIpc) is 2.29. The maximum Gasteiger partial charge on any atom is 0.139 e. The molecule has 1 aromatic rings. The van der Waals surface area contributed by atoms with Crippen LogP contribution in [0.15, 0.2) is 34.1 Å². The Hall–Kier alpha value is -1.16. The molecule has 2 radical (unpaired) electrons. The summed E-state index contributed by atoms with van der Waals surface area (Å²) in [6.07, 6.45) is 0.411. The van der Waals surface area contributed by atoms with Gasteiger partial charge in [0.2, 0.25) is 0 Å². The molecule has 2 nitrogen and oxygen atoms in total. The summed E-state index contributed by atoms with van der Waals surface area (Å²) in [7, 11) is 5.41. The van der Waals surface area contributed by atoms with Crippen LogP contribution < -0.4 is 5.73 Å². The van der Waals surface area contributed by atoms with Crippen molar-refractivity contribution >= 4 is 25.6 Å². The lowest BCUT2D eigenvalue weighted by Crippen LogP contribution is -2.12. The zero-order chi connectivity index (χ0) is 12.1. The van der Waals surface area contributed by atoms with Crippen molar-refractivity contribution in [2.45, 2.75) is 20.2 Å². The molecule has 0 aliphatic carbocycles. The van der Waals surface area contributed by atoms with E-state index in [1.54, 1.807) is 0 Å². The van der Waals surface area contributed by atoms with Gasteiger partial charge in [-0.15, -0.1) is 0 Å². The molecule has 0 bridgehead atoms. The molecule has 0 aliphatic rings. The first-order chi connectivity index (χ1) is 7.54. The predicted octanol–water partition coefficient (Wildman–Crippen LogP) is 2.76. The van der Waals surface area contributed by atoms with Gasteiger partial charge in [0.25, 0.3) is 0 Å². The summed E-state index contributed by atoms with van der Waals surface area (Å²) < 4.78 is 4.17. The second kappa shape index (κ2) is 5.80. The number of hydrogen-bond acceptors (Lipinski definition) is 2. The Kier molecular flexibility index (Phi) is 4.68. The van der Waals surface area contributed by atoms with Crippen molar-refractivity contribution in [3.05, 3.63) is 46.4 Å². The number of allylic oxidation sites excluding steroid dienone is 1. The van der Waals surface area contributed by atoms with Crippen molar-refractivity contribution in [1.82, 2.24) is 0 Å². The molecule has 0 saturated heterocycles. The molecule has 0 amide bonds. The first-order valence-electron chi connectivity index (χ1n) is 5.00. The van der Waals surface area contributed by atoms with E-state index in [1.165, 1.54) is 23.1 Å². The maximum absolute atomic E-state index is 5.86. The van der Waals surface area contributed by atoms with Gasteiger partial charge in [0.15, 0.2) is 0 Å². The molecular weight excluding hydrogens is 215 g/mol. The molecule has 0 atom stereocenters. The monoisotopic (exact) mass is 230 g/mol. The van der Waals surface area contributed by atoms with Gasteiger partial charge in [-0.2, -0.15) is 4.40 Å². The molecule has 0 spiro atoms. The predicted molar refractivity (Wildman–Crippen MR) is 73.9 cm³/mol. The molecule has 0 saturated carbocycles. The van der Waals surface area contributed by atoms with Crippen molar-refractivity contribution < 1.29 is 0 Å². The van der Waals surface area contributed by atoms with Crippen molar-refractivity contribution in [2.75, 3.05) is 0 Å². The highest BCUT2D eigenvalue weighted by Gasteiger charge is 2.01. The van der Waals surface area contributed by atoms with Crippen molar-refractivity contribution in [1.29, 1.82) is 0 Å². The minimum Gasteiger partial charge on any atom is -0.383 e. The Bertz CT molecular complexity index is 427. The summed E-state index contributed by atoms with van der Waals surface area (Å²) in [5.41, 5.74) is 9.25. The van der Waals surface area contributed by atoms with E-state index in [2.05, 4.69) is 24.8 Å². The third kappa shape index (κ3) is 3.45. The minimum atomic E-state index is 0.411. The largest absolute Gasteiger partial charge is 0.383 e. The SMILES string of the molecule is [B]CC(=C)SN=C(N)c1ccc(C)c(C)c1. The molecule has 0 fully saturated rings. The minimum absolute atomic E-state index is 0.411. The fourth-order valence-corrected chi connectivity index (χ4v) is 1.51. The van der Waals surface area contributed by atoms with Gasteiger partial charge in [-0.05, 0) is 35.9 Å². The molecule has 0 aromatic heterocycles. The highest BCUT2D eigenvalue weighted by atomic mass is 32.2. The molecule has 1 aromatic carbocycles. The van der Waals surface area contributed by atoms with Crippen molar-refractivity contribution in [2.24, 2.45) is 10.1 Å². The van der Waals surface area contributed by atoms with Crippen LogP contribution in [0.5, 0.6) is 0 Å². The fraction of sp³-hybridized carbons (Fsp3) is 0.250. The summed E-state index contributed by atoms with van der Waals surface area (Å²) in [6.45, 7) is 7.87. The Morgan fingerprint density at radius 3 is 2.69 bits per heavy atom. The molecule has 16 heavy (non-hydrogen) atoms. The van der Waals surface area contributed by atoms with E-state index in [9.17, 15) is 0 Å². The molecule has 1 rings (SSSR count). The van der Waals surface area contributed by atoms with Crippen LogP contribution in [0.25, 0.3) is 0 Å². The van der Waals surface area contributed by atoms with Crippen molar-refractivity contribution in [3.63, 3.8) is 0 Å². The smallest absolute Gasteiger partial charge is 0.139 e. The Morgan fingerprint density at radius 2 is 2.12 bits per heavy atom. The van der Waals surface area contributed by atoms with Crippen LogP contribution in [0.2, 0.25) is 6.32 Å². The second-order valence-electron chi connectivity index (χ2n) is 3.61. The van der Waals surface area contributed by atoms with Gasteiger partial charge in [-0.3, -0.25) is 0 Å². The lowest BCUT2D eigenvalue weighted by molar-refractivity contribution is 1.33. The van der Waals surface area contributed by atoms with Crippen LogP contribution in [-0.4, -0.2) is 13.7 Å². The molecular formula is C12H15BN2S. The highest BCUT2D eigenvalue weighted by Crippen LogP contribution is 2.18. The van der Waals surface area contributed by atoms with Crippen LogP contribution in [0.3, 0.4) is 0 Å². The van der Waals surface area contributed by atoms with Gasteiger partial charge in [0, 0.05) is 17.5 Å². The number of rotatable bonds is 4. The number of nitrogens with two attached hydrogens (primary N) is 1. The number of amidine groups is 1. The van der Waals surface area contributed by atoms with E-state index in [4.69, 9.17) is 13.6 Å². The number of hydrogen-bond donors (Lipinski definition) is 1. The van der Waals surface area contributed by atoms with Gasteiger partial charge in [-0.1, -0.05) is 25.0 Å². The maximum atomic E-state index is 5.86. The number of benzene rings is 1. The third-order valence-electron chi connectivity index (χ3n) is 2.30. The first kappa shape index (κ1) is 12.9. The average molecular weight is 230 g/mol. The highest BCUT2D eigenvalue weighted by molar-refractivity contribution is 8.02. The summed E-state index contributed by atoms with van der Waals surface area (Å²) in [5, 5.41) is 0. The quantitative estimate of drug-likeness (QED) is 0.374. The molecule has 0 aliphatic heterocycles. The first-order valence-corrected chi connectivity index (χ1v) is 5.78. The summed E-state index contributed by atoms with van der Waals surface area (Å²) in [4.78, 5) is 0.798. The summed E-state index contributed by atoms with van der Waals surface area (Å²) in [6, 6.07) is 6.03. The van der Waals surface area contributed by atoms with Gasteiger partial charge >= 0.3 is 0 Å². The van der Waals surface area contributed by atoms with E-state index in [1.807, 2.05) is 18.2 Å². The van der Waals surface area contributed by atoms with Crippen molar-refractivity contribution in [3.8, 4) is 0 Å². The molecule has 4 heteroatoms. The van der Waals surface area contributed by atoms with Crippen LogP contribution in [0.1, 0.15) is 16.7 Å². The Morgan fingerprint density at radius 1 is 1.44 bits per heavy atom. The van der Waals surface area contributed by atoms with Crippen LogP contribution in [0, 0.1) is 13.8 Å². The zero-order valence-electron chi connectivity index (χ0n) is 9.66. The van der Waals surface area contributed by atoms with Crippen LogP contribution >= 0.6 is 11.9 Å². The number of aryl methyl sites for hydroxylation is 2. The van der Waals surface area contributed by atoms with E-state index < -0.39 is 0 Å². The topological polar surface area (TPSA) is 38.4 Å². The second-order valence-corrected chi connectivity index (χ2v) is 4.55. The zero-order valence-corrected chi connectivity index (χ0v) is 10.5. The molecule has 0 heterocycles. The number of nitrogens with zero attached hydrogens (tertiary/aromatic N) is 1. The van der Waals surface area contributed by atoms with Crippen LogP contribution in [-0.2, 0) is 0 Å². The van der Waals surface area contributed by atoms with Crippen LogP contribution in [0.4, 0.5) is 0 Å². The van der Waals surface area contributed by atoms with Gasteiger partial charge in [-0.25, -0.2) is 0 Å². The summed E-state index contributed by atoms with van der Waals surface area (Å²) >= 11 is 1.23. The van der Waals surface area contributed by atoms with E-state index >= 15 is 0 Å². The Balaban J connectivity index is 2.83. The lowest BCUT2D eigenvalue weighted by Gasteiger charge is -2.04. The molecule has 82 valence electrons. The Labute approximate surface area is 103 Å². The van der Waals surface area contributed by atoms with E-state index in [0.717, 1.165) is 10.5 Å². The van der Waals surface area contributed by atoms with Gasteiger partial charge in [0.1, 0.15) is 5.84 Å². The summed E-state index contributed by atoms with van der Waals surface area (Å²) in [5.74, 6) is 0.503. The fourth-order valence-electron chi connectivity index (χ4n) is 1.10. The normalized spacial score (nSPS) is 11.5. The molecule has 2 N–H and O–H groups in total. The van der Waals surface area contributed by atoms with E-state index in [0.29, 0.717) is 12.2 Å². The van der Waals surface area contributed by atoms with E-state index in [-0.39, 0.29) is 0 Å².